The van der Waals surface area contributed by atoms with Gasteiger partial charge in [-0.25, -0.2) is 0 Å². The van der Waals surface area contributed by atoms with E-state index in [0.717, 1.165) is 31.6 Å². The van der Waals surface area contributed by atoms with Crippen LogP contribution in [0.2, 0.25) is 0 Å². The summed E-state index contributed by atoms with van der Waals surface area (Å²) >= 11 is 0. The molecule has 0 N–H and O–H groups in total. The highest BCUT2D eigenvalue weighted by molar-refractivity contribution is 6.21. The number of hydrogen-bond donors (Lipinski definition) is 0. The fourth-order valence-corrected chi connectivity index (χ4v) is 4.38. The molecule has 0 saturated carbocycles. The maximum absolute atomic E-state index is 12.8. The molecule has 0 unspecified atom stereocenters. The average molecular weight is 420 g/mol. The van der Waals surface area contributed by atoms with Gasteiger partial charge in [-0.05, 0) is 43.5 Å². The van der Waals surface area contributed by atoms with Crippen LogP contribution in [0.15, 0.2) is 42.5 Å². The largest absolute Gasteiger partial charge is 0.341 e. The van der Waals surface area contributed by atoms with Gasteiger partial charge in [0.1, 0.15) is 0 Å². The summed E-state index contributed by atoms with van der Waals surface area (Å²) in [5, 5.41) is 0. The van der Waals surface area contributed by atoms with Crippen LogP contribution in [0, 0.1) is 13.8 Å². The number of carbonyl (C=O) groups excluding carboxylic acids is 3. The Kier molecular flexibility index (Phi) is 6.18. The highest BCUT2D eigenvalue weighted by Gasteiger charge is 2.35. The van der Waals surface area contributed by atoms with Gasteiger partial charge in [0.25, 0.3) is 11.8 Å². The summed E-state index contributed by atoms with van der Waals surface area (Å²) in [4.78, 5) is 43.5. The molecule has 3 amide bonds. The quantitative estimate of drug-likeness (QED) is 0.699. The summed E-state index contributed by atoms with van der Waals surface area (Å²) in [5.41, 5.74) is 4.43. The van der Waals surface area contributed by atoms with E-state index in [-0.39, 0.29) is 30.7 Å². The minimum Gasteiger partial charge on any atom is -0.341 e. The third-order valence-corrected chi connectivity index (χ3v) is 6.27. The molecule has 2 heterocycles. The zero-order chi connectivity index (χ0) is 22.0. The van der Waals surface area contributed by atoms with E-state index in [1.165, 1.54) is 16.0 Å². The second-order valence-electron chi connectivity index (χ2n) is 8.50. The van der Waals surface area contributed by atoms with E-state index in [0.29, 0.717) is 24.2 Å². The zero-order valence-electron chi connectivity index (χ0n) is 18.3. The third kappa shape index (κ3) is 4.54. The first-order valence-corrected chi connectivity index (χ1v) is 11.0. The minimum absolute atomic E-state index is 0.00507. The number of fused-ring (bicyclic) bond motifs is 1. The molecule has 162 valence electrons. The number of aryl methyl sites for hydroxylation is 2. The number of amides is 3. The molecule has 31 heavy (non-hydrogen) atoms. The van der Waals surface area contributed by atoms with E-state index < -0.39 is 0 Å². The fraction of sp³-hybridized carbons (Fsp3) is 0.400. The van der Waals surface area contributed by atoms with Crippen LogP contribution in [-0.4, -0.2) is 65.1 Å². The Bertz CT molecular complexity index is 1020. The molecule has 2 aromatic rings. The van der Waals surface area contributed by atoms with Crippen LogP contribution in [0.1, 0.15) is 50.2 Å². The number of imide groups is 1. The monoisotopic (exact) mass is 419 g/mol. The van der Waals surface area contributed by atoms with Gasteiger partial charge in [0.15, 0.2) is 0 Å². The fourth-order valence-electron chi connectivity index (χ4n) is 4.38. The first-order chi connectivity index (χ1) is 14.9. The molecule has 0 atom stereocenters. The number of rotatable bonds is 5. The Labute approximate surface area is 183 Å². The first-order valence-electron chi connectivity index (χ1n) is 11.0. The van der Waals surface area contributed by atoms with Crippen LogP contribution in [-0.2, 0) is 11.3 Å². The van der Waals surface area contributed by atoms with Crippen molar-refractivity contribution in [2.45, 2.75) is 33.2 Å². The minimum atomic E-state index is -0.298. The Balaban J connectivity index is 1.31. The Hall–Kier alpha value is -2.99. The predicted octanol–water partition coefficient (Wildman–Crippen LogP) is 3.02. The van der Waals surface area contributed by atoms with Crippen LogP contribution >= 0.6 is 0 Å². The van der Waals surface area contributed by atoms with Gasteiger partial charge in [0.2, 0.25) is 5.91 Å². The molecule has 4 rings (SSSR count). The predicted molar refractivity (Wildman–Crippen MR) is 119 cm³/mol. The van der Waals surface area contributed by atoms with E-state index in [4.69, 9.17) is 0 Å². The van der Waals surface area contributed by atoms with Crippen LogP contribution in [0.5, 0.6) is 0 Å². The van der Waals surface area contributed by atoms with Crippen molar-refractivity contribution >= 4 is 17.7 Å². The van der Waals surface area contributed by atoms with Gasteiger partial charge in [-0.15, -0.1) is 0 Å². The van der Waals surface area contributed by atoms with Crippen LogP contribution in [0.25, 0.3) is 0 Å². The summed E-state index contributed by atoms with van der Waals surface area (Å²) in [5.74, 6) is -0.588. The van der Waals surface area contributed by atoms with Crippen molar-refractivity contribution in [3.05, 3.63) is 70.3 Å². The van der Waals surface area contributed by atoms with Gasteiger partial charge in [-0.3, -0.25) is 24.2 Å². The molecule has 2 aliphatic heterocycles. The second-order valence-corrected chi connectivity index (χ2v) is 8.50. The smallest absolute Gasteiger partial charge is 0.261 e. The Morgan fingerprint density at radius 2 is 1.68 bits per heavy atom. The molecule has 0 bridgehead atoms. The Morgan fingerprint density at radius 1 is 0.903 bits per heavy atom. The van der Waals surface area contributed by atoms with Gasteiger partial charge >= 0.3 is 0 Å². The summed E-state index contributed by atoms with van der Waals surface area (Å²) in [6, 6.07) is 13.7. The van der Waals surface area contributed by atoms with Crippen molar-refractivity contribution in [1.82, 2.24) is 14.7 Å². The number of nitrogens with zero attached hydrogens (tertiary/aromatic N) is 3. The average Bonchev–Trinajstić information content (AvgIpc) is 2.91. The SMILES string of the molecule is Cc1ccc2c(c1)C(=O)N(CCC(=O)N1CCCN(Cc3ccccc3C)CC1)C2=O. The maximum Gasteiger partial charge on any atom is 0.261 e. The van der Waals surface area contributed by atoms with Gasteiger partial charge in [0, 0.05) is 45.7 Å². The second kappa shape index (κ2) is 9.02. The third-order valence-electron chi connectivity index (χ3n) is 6.27. The maximum atomic E-state index is 12.8. The van der Waals surface area contributed by atoms with Crippen LogP contribution < -0.4 is 0 Å². The lowest BCUT2D eigenvalue weighted by Crippen LogP contribution is -2.38. The van der Waals surface area contributed by atoms with Crippen molar-refractivity contribution in [3.8, 4) is 0 Å². The van der Waals surface area contributed by atoms with Gasteiger partial charge in [0.05, 0.1) is 11.1 Å². The van der Waals surface area contributed by atoms with E-state index in [1.54, 1.807) is 12.1 Å². The zero-order valence-corrected chi connectivity index (χ0v) is 18.3. The molecule has 0 aliphatic carbocycles. The van der Waals surface area contributed by atoms with Gasteiger partial charge < -0.3 is 4.90 Å². The summed E-state index contributed by atoms with van der Waals surface area (Å²) < 4.78 is 0. The molecule has 6 nitrogen and oxygen atoms in total. The molecule has 0 radical (unpaired) electrons. The van der Waals surface area contributed by atoms with Crippen molar-refractivity contribution in [2.24, 2.45) is 0 Å². The summed E-state index contributed by atoms with van der Waals surface area (Å²) in [7, 11) is 0. The molecule has 2 aliphatic rings. The Morgan fingerprint density at radius 3 is 2.48 bits per heavy atom. The molecule has 0 aromatic heterocycles. The van der Waals surface area contributed by atoms with E-state index in [2.05, 4.69) is 36.1 Å². The standard InChI is InChI=1S/C25H29N3O3/c1-18-8-9-21-22(16-18)25(31)28(24(21)30)13-10-23(29)27-12-5-11-26(14-15-27)17-20-7-4-3-6-19(20)2/h3-4,6-9,16H,5,10-15,17H2,1-2H3. The molecule has 6 heteroatoms. The number of carbonyl (C=O) groups is 3. The molecule has 1 saturated heterocycles. The first kappa shape index (κ1) is 21.2. The van der Waals surface area contributed by atoms with Gasteiger partial charge in [-0.2, -0.15) is 0 Å². The highest BCUT2D eigenvalue weighted by Crippen LogP contribution is 2.24. The van der Waals surface area contributed by atoms with E-state index in [1.807, 2.05) is 17.9 Å². The van der Waals surface area contributed by atoms with Crippen molar-refractivity contribution in [1.29, 1.82) is 0 Å². The van der Waals surface area contributed by atoms with Crippen LogP contribution in [0.4, 0.5) is 0 Å². The lowest BCUT2D eigenvalue weighted by atomic mass is 10.1. The lowest BCUT2D eigenvalue weighted by molar-refractivity contribution is -0.131. The molecular weight excluding hydrogens is 390 g/mol. The van der Waals surface area contributed by atoms with Crippen LogP contribution in [0.3, 0.4) is 0 Å². The van der Waals surface area contributed by atoms with E-state index >= 15 is 0 Å². The number of hydrogen-bond acceptors (Lipinski definition) is 4. The highest BCUT2D eigenvalue weighted by atomic mass is 16.2. The normalized spacial score (nSPS) is 17.1. The molecular formula is C25H29N3O3. The van der Waals surface area contributed by atoms with Crippen molar-refractivity contribution in [2.75, 3.05) is 32.7 Å². The molecule has 0 spiro atoms. The summed E-state index contributed by atoms with van der Waals surface area (Å²) in [6.45, 7) is 8.21. The number of benzene rings is 2. The van der Waals surface area contributed by atoms with Crippen molar-refractivity contribution < 1.29 is 14.4 Å². The molecule has 2 aromatic carbocycles. The topological polar surface area (TPSA) is 60.9 Å². The van der Waals surface area contributed by atoms with E-state index in [9.17, 15) is 14.4 Å². The molecule has 1 fully saturated rings. The summed E-state index contributed by atoms with van der Waals surface area (Å²) in [6.07, 6.45) is 1.09. The van der Waals surface area contributed by atoms with Gasteiger partial charge in [-0.1, -0.05) is 35.9 Å². The van der Waals surface area contributed by atoms with Crippen molar-refractivity contribution in [3.63, 3.8) is 0 Å². The lowest BCUT2D eigenvalue weighted by Gasteiger charge is -2.23.